The Hall–Kier alpha value is -2.09. The molecule has 2 aromatic carbocycles. The van der Waals surface area contributed by atoms with Gasteiger partial charge in [0.1, 0.15) is 5.75 Å². The molecule has 0 spiro atoms. The van der Waals surface area contributed by atoms with E-state index in [-0.39, 0.29) is 5.97 Å². The number of hydrogen-bond acceptors (Lipinski definition) is 2. The zero-order chi connectivity index (χ0) is 17.9. The smallest absolute Gasteiger partial charge is 0.343 e. The fourth-order valence-electron chi connectivity index (χ4n) is 3.03. The third kappa shape index (κ3) is 6.04. The van der Waals surface area contributed by atoms with Gasteiger partial charge in [-0.05, 0) is 48.9 Å². The molecule has 2 nitrogen and oxygen atoms in total. The number of aryl methyl sites for hydroxylation is 2. The van der Waals surface area contributed by atoms with Gasteiger partial charge in [-0.3, -0.25) is 0 Å². The van der Waals surface area contributed by atoms with Crippen molar-refractivity contribution in [3.63, 3.8) is 0 Å². The van der Waals surface area contributed by atoms with Crippen LogP contribution < -0.4 is 4.74 Å². The Morgan fingerprint density at radius 3 is 2.00 bits per heavy atom. The molecule has 0 amide bonds. The molecule has 0 aromatic heterocycles. The van der Waals surface area contributed by atoms with Crippen molar-refractivity contribution in [1.29, 1.82) is 0 Å². The Labute approximate surface area is 152 Å². The van der Waals surface area contributed by atoms with E-state index in [1.165, 1.54) is 25.7 Å². The molecule has 0 saturated heterocycles. The summed E-state index contributed by atoms with van der Waals surface area (Å²) in [5.41, 5.74) is 2.90. The van der Waals surface area contributed by atoms with Crippen molar-refractivity contribution in [3.05, 3.63) is 65.2 Å². The van der Waals surface area contributed by atoms with Crippen molar-refractivity contribution in [2.45, 2.75) is 65.2 Å². The van der Waals surface area contributed by atoms with Gasteiger partial charge in [-0.2, -0.15) is 0 Å². The van der Waals surface area contributed by atoms with E-state index < -0.39 is 0 Å². The molecule has 0 bridgehead atoms. The Morgan fingerprint density at radius 2 is 1.32 bits per heavy atom. The van der Waals surface area contributed by atoms with Gasteiger partial charge in [-0.25, -0.2) is 4.79 Å². The monoisotopic (exact) mass is 338 g/mol. The van der Waals surface area contributed by atoms with Crippen LogP contribution >= 0.6 is 0 Å². The number of hydrogen-bond donors (Lipinski definition) is 0. The highest BCUT2D eigenvalue weighted by Gasteiger charge is 2.14. The summed E-state index contributed by atoms with van der Waals surface area (Å²) in [7, 11) is 0. The van der Waals surface area contributed by atoms with E-state index >= 15 is 0 Å². The molecule has 25 heavy (non-hydrogen) atoms. The molecule has 0 N–H and O–H groups in total. The first-order valence-electron chi connectivity index (χ1n) is 9.64. The SMILES string of the molecule is CCCCCc1ccccc1OC(=O)c1ccccc1CCCCC. The maximum absolute atomic E-state index is 12.7. The fourth-order valence-corrected chi connectivity index (χ4v) is 3.03. The molecule has 0 aliphatic heterocycles. The zero-order valence-electron chi connectivity index (χ0n) is 15.6. The number of rotatable bonds is 10. The highest BCUT2D eigenvalue weighted by Crippen LogP contribution is 2.23. The van der Waals surface area contributed by atoms with Crippen LogP contribution in [-0.2, 0) is 12.8 Å². The van der Waals surface area contributed by atoms with Crippen molar-refractivity contribution in [2.75, 3.05) is 0 Å². The lowest BCUT2D eigenvalue weighted by molar-refractivity contribution is 0.0732. The Kier molecular flexibility index (Phi) is 8.24. The van der Waals surface area contributed by atoms with Crippen LogP contribution in [0.15, 0.2) is 48.5 Å². The van der Waals surface area contributed by atoms with Crippen LogP contribution in [0, 0.1) is 0 Å². The molecule has 0 radical (unpaired) electrons. The van der Waals surface area contributed by atoms with Gasteiger partial charge < -0.3 is 4.74 Å². The van der Waals surface area contributed by atoms with Crippen molar-refractivity contribution in [3.8, 4) is 5.75 Å². The predicted octanol–water partition coefficient (Wildman–Crippen LogP) is 6.37. The van der Waals surface area contributed by atoms with E-state index in [2.05, 4.69) is 19.9 Å². The summed E-state index contributed by atoms with van der Waals surface area (Å²) in [4.78, 5) is 12.7. The van der Waals surface area contributed by atoms with Crippen LogP contribution in [0.2, 0.25) is 0 Å². The van der Waals surface area contributed by atoms with E-state index in [1.54, 1.807) is 0 Å². The average Bonchev–Trinajstić information content (AvgIpc) is 2.64. The molecule has 2 aromatic rings. The molecule has 0 heterocycles. The lowest BCUT2D eigenvalue weighted by Crippen LogP contribution is -2.12. The van der Waals surface area contributed by atoms with Crippen molar-refractivity contribution < 1.29 is 9.53 Å². The lowest BCUT2D eigenvalue weighted by Gasteiger charge is -2.12. The molecule has 2 rings (SSSR count). The van der Waals surface area contributed by atoms with Gasteiger partial charge in [-0.1, -0.05) is 75.9 Å². The molecule has 0 fully saturated rings. The van der Waals surface area contributed by atoms with Crippen molar-refractivity contribution in [1.82, 2.24) is 0 Å². The van der Waals surface area contributed by atoms with Crippen LogP contribution in [-0.4, -0.2) is 5.97 Å². The van der Waals surface area contributed by atoms with Gasteiger partial charge in [0.05, 0.1) is 5.56 Å². The van der Waals surface area contributed by atoms with E-state index in [1.807, 2.05) is 42.5 Å². The molecule has 2 heteroatoms. The number of esters is 1. The van der Waals surface area contributed by atoms with Gasteiger partial charge >= 0.3 is 5.97 Å². The zero-order valence-corrected chi connectivity index (χ0v) is 15.6. The molecule has 0 aliphatic carbocycles. The fraction of sp³-hybridized carbons (Fsp3) is 0.435. The summed E-state index contributed by atoms with van der Waals surface area (Å²) >= 11 is 0. The highest BCUT2D eigenvalue weighted by molar-refractivity contribution is 5.92. The Morgan fingerprint density at radius 1 is 0.760 bits per heavy atom. The highest BCUT2D eigenvalue weighted by atomic mass is 16.5. The van der Waals surface area contributed by atoms with E-state index in [0.29, 0.717) is 11.3 Å². The molecule has 0 unspecified atom stereocenters. The number of ether oxygens (including phenoxy) is 1. The largest absolute Gasteiger partial charge is 0.423 e. The molecule has 134 valence electrons. The van der Waals surface area contributed by atoms with Crippen LogP contribution in [0.25, 0.3) is 0 Å². The van der Waals surface area contributed by atoms with Gasteiger partial charge in [-0.15, -0.1) is 0 Å². The van der Waals surface area contributed by atoms with E-state index in [4.69, 9.17) is 4.74 Å². The van der Waals surface area contributed by atoms with Crippen molar-refractivity contribution >= 4 is 5.97 Å². The van der Waals surface area contributed by atoms with Crippen molar-refractivity contribution in [2.24, 2.45) is 0 Å². The van der Waals surface area contributed by atoms with Gasteiger partial charge in [0.25, 0.3) is 0 Å². The predicted molar refractivity (Wildman–Crippen MR) is 104 cm³/mol. The number of benzene rings is 2. The normalized spacial score (nSPS) is 10.6. The summed E-state index contributed by atoms with van der Waals surface area (Å²) < 4.78 is 5.77. The topological polar surface area (TPSA) is 26.3 Å². The van der Waals surface area contributed by atoms with Crippen LogP contribution in [0.5, 0.6) is 5.75 Å². The minimum atomic E-state index is -0.241. The first kappa shape index (κ1) is 19.2. The minimum Gasteiger partial charge on any atom is -0.423 e. The van der Waals surface area contributed by atoms with Crippen LogP contribution in [0.3, 0.4) is 0 Å². The first-order valence-corrected chi connectivity index (χ1v) is 9.64. The second-order valence-corrected chi connectivity index (χ2v) is 6.57. The molecule has 0 saturated carbocycles. The number of carbonyl (C=O) groups excluding carboxylic acids is 1. The lowest BCUT2D eigenvalue weighted by atomic mass is 10.0. The number of para-hydroxylation sites is 1. The first-order chi connectivity index (χ1) is 12.3. The molecule has 0 aliphatic rings. The summed E-state index contributed by atoms with van der Waals surface area (Å²) in [6, 6.07) is 15.7. The van der Waals surface area contributed by atoms with Crippen LogP contribution in [0.1, 0.15) is 73.9 Å². The summed E-state index contributed by atoms with van der Waals surface area (Å²) in [5.74, 6) is 0.460. The molecular weight excluding hydrogens is 308 g/mol. The summed E-state index contributed by atoms with van der Waals surface area (Å²) in [5, 5.41) is 0. The summed E-state index contributed by atoms with van der Waals surface area (Å²) in [6.07, 6.45) is 8.86. The molecular formula is C23H30O2. The maximum Gasteiger partial charge on any atom is 0.343 e. The Balaban J connectivity index is 2.10. The quantitative estimate of drug-likeness (QED) is 0.286. The Bertz CT molecular complexity index is 661. The molecule has 0 atom stereocenters. The second-order valence-electron chi connectivity index (χ2n) is 6.57. The standard InChI is InChI=1S/C23H30O2/c1-3-5-7-13-19-14-9-11-17-21(19)23(24)25-22-18-12-10-16-20(22)15-8-6-4-2/h9-12,14,16-18H,3-8,13,15H2,1-2H3. The maximum atomic E-state index is 12.7. The number of unbranched alkanes of at least 4 members (excludes halogenated alkanes) is 4. The third-order valence-corrected chi connectivity index (χ3v) is 4.51. The minimum absolute atomic E-state index is 0.241. The van der Waals surface area contributed by atoms with Crippen LogP contribution in [0.4, 0.5) is 0 Å². The van der Waals surface area contributed by atoms with Gasteiger partial charge in [0.2, 0.25) is 0 Å². The average molecular weight is 338 g/mol. The van der Waals surface area contributed by atoms with E-state index in [9.17, 15) is 4.79 Å². The number of carbonyl (C=O) groups is 1. The van der Waals surface area contributed by atoms with E-state index in [0.717, 1.165) is 36.8 Å². The van der Waals surface area contributed by atoms with Gasteiger partial charge in [0, 0.05) is 0 Å². The third-order valence-electron chi connectivity index (χ3n) is 4.51. The van der Waals surface area contributed by atoms with Gasteiger partial charge in [0.15, 0.2) is 0 Å². The summed E-state index contributed by atoms with van der Waals surface area (Å²) in [6.45, 7) is 4.39. The second kappa shape index (κ2) is 10.7.